The predicted molar refractivity (Wildman–Crippen MR) is 75.7 cm³/mol. The lowest BCUT2D eigenvalue weighted by atomic mass is 9.90. The summed E-state index contributed by atoms with van der Waals surface area (Å²) in [4.78, 5) is 0. The number of halogens is 2. The van der Waals surface area contributed by atoms with Gasteiger partial charge in [0.2, 0.25) is 0 Å². The van der Waals surface area contributed by atoms with Crippen LogP contribution in [0.4, 0.5) is 0 Å². The molecule has 2 aliphatic rings. The van der Waals surface area contributed by atoms with E-state index >= 15 is 0 Å². The largest absolute Gasteiger partial charge is 0.492 e. The van der Waals surface area contributed by atoms with E-state index in [1.54, 1.807) is 0 Å². The third-order valence-electron chi connectivity index (χ3n) is 3.39. The van der Waals surface area contributed by atoms with Crippen molar-refractivity contribution in [3.63, 3.8) is 0 Å². The third-order valence-corrected chi connectivity index (χ3v) is 4.34. The van der Waals surface area contributed by atoms with Gasteiger partial charge in [0.25, 0.3) is 0 Å². The monoisotopic (exact) mass is 366 g/mol. The smallest absolute Gasteiger partial charge is 0.136 e. The minimum atomic E-state index is 0.282. The van der Waals surface area contributed by atoms with Crippen LogP contribution >= 0.6 is 31.9 Å². The summed E-state index contributed by atoms with van der Waals surface area (Å²) in [7, 11) is 0. The van der Waals surface area contributed by atoms with Crippen LogP contribution in [0.15, 0.2) is 39.3 Å². The Balaban J connectivity index is 1.98. The molecule has 0 aromatic heterocycles. The van der Waals surface area contributed by atoms with Gasteiger partial charge >= 0.3 is 0 Å². The average Bonchev–Trinajstić information content (AvgIpc) is 2.75. The van der Waals surface area contributed by atoms with E-state index in [2.05, 4.69) is 37.9 Å². The molecule has 0 saturated carbocycles. The van der Waals surface area contributed by atoms with Crippen molar-refractivity contribution in [2.24, 2.45) is 0 Å². The molecule has 0 aliphatic carbocycles. The van der Waals surface area contributed by atoms with Crippen molar-refractivity contribution in [3.05, 3.63) is 50.4 Å². The van der Waals surface area contributed by atoms with Gasteiger partial charge in [-0.15, -0.1) is 0 Å². The average molecular weight is 368 g/mol. The van der Waals surface area contributed by atoms with Gasteiger partial charge in [0.1, 0.15) is 17.2 Å². The number of fused-ring (bicyclic) bond motifs is 2. The van der Waals surface area contributed by atoms with Crippen molar-refractivity contribution in [1.82, 2.24) is 0 Å². The summed E-state index contributed by atoms with van der Waals surface area (Å²) in [6.07, 6.45) is 0. The Morgan fingerprint density at radius 1 is 0.944 bits per heavy atom. The van der Waals surface area contributed by atoms with Crippen LogP contribution in [0.3, 0.4) is 0 Å². The second-order valence-corrected chi connectivity index (χ2v) is 6.29. The van der Waals surface area contributed by atoms with E-state index in [0.717, 1.165) is 26.2 Å². The molecule has 2 aromatic carbocycles. The van der Waals surface area contributed by atoms with Gasteiger partial charge in [-0.25, -0.2) is 0 Å². The van der Waals surface area contributed by atoms with Gasteiger partial charge in [0.05, 0.1) is 12.5 Å². The first-order valence-corrected chi connectivity index (χ1v) is 7.24. The Morgan fingerprint density at radius 2 is 1.78 bits per heavy atom. The highest BCUT2D eigenvalue weighted by atomic mass is 79.9. The van der Waals surface area contributed by atoms with Crippen LogP contribution in [-0.4, -0.2) is 6.61 Å². The normalized spacial score (nSPS) is 18.7. The van der Waals surface area contributed by atoms with Crippen LogP contribution in [0.1, 0.15) is 17.0 Å². The lowest BCUT2D eigenvalue weighted by molar-refractivity contribution is 0.339. The fraction of sp³-hybridized carbons (Fsp3) is 0.143. The second-order valence-electron chi connectivity index (χ2n) is 4.46. The first-order valence-electron chi connectivity index (χ1n) is 5.66. The van der Waals surface area contributed by atoms with Crippen molar-refractivity contribution in [3.8, 4) is 17.2 Å². The molecule has 0 bridgehead atoms. The van der Waals surface area contributed by atoms with E-state index in [0.29, 0.717) is 6.61 Å². The van der Waals surface area contributed by atoms with Gasteiger partial charge < -0.3 is 9.47 Å². The van der Waals surface area contributed by atoms with Crippen molar-refractivity contribution in [1.29, 1.82) is 0 Å². The summed E-state index contributed by atoms with van der Waals surface area (Å²) < 4.78 is 13.8. The van der Waals surface area contributed by atoms with Crippen LogP contribution < -0.4 is 9.47 Å². The Kier molecular flexibility index (Phi) is 2.26. The van der Waals surface area contributed by atoms with E-state index < -0.39 is 0 Å². The molecule has 4 rings (SSSR count). The molecule has 2 aliphatic heterocycles. The van der Waals surface area contributed by atoms with Gasteiger partial charge in [-0.2, -0.15) is 0 Å². The zero-order valence-corrected chi connectivity index (χ0v) is 12.4. The summed E-state index contributed by atoms with van der Waals surface area (Å²) in [6.45, 7) is 0.686. The molecule has 0 spiro atoms. The van der Waals surface area contributed by atoms with E-state index in [9.17, 15) is 0 Å². The molecule has 2 aromatic rings. The number of hydrogen-bond acceptors (Lipinski definition) is 2. The summed E-state index contributed by atoms with van der Waals surface area (Å²) >= 11 is 7.00. The lowest BCUT2D eigenvalue weighted by Gasteiger charge is -2.23. The Morgan fingerprint density at radius 3 is 2.67 bits per heavy atom. The fourth-order valence-electron chi connectivity index (χ4n) is 2.62. The minimum absolute atomic E-state index is 0.282. The first kappa shape index (κ1) is 10.9. The van der Waals surface area contributed by atoms with Crippen LogP contribution in [0.5, 0.6) is 17.2 Å². The maximum atomic E-state index is 5.97. The number of rotatable bonds is 0. The van der Waals surface area contributed by atoms with Gasteiger partial charge in [0.15, 0.2) is 0 Å². The molecular weight excluding hydrogens is 360 g/mol. The number of ether oxygens (including phenoxy) is 2. The van der Waals surface area contributed by atoms with E-state index in [4.69, 9.17) is 9.47 Å². The van der Waals surface area contributed by atoms with E-state index in [-0.39, 0.29) is 5.92 Å². The highest BCUT2D eigenvalue weighted by Crippen LogP contribution is 2.52. The summed E-state index contributed by atoms with van der Waals surface area (Å²) in [5.74, 6) is 3.03. The molecule has 2 nitrogen and oxygen atoms in total. The van der Waals surface area contributed by atoms with Gasteiger partial charge in [-0.05, 0) is 30.3 Å². The Bertz CT molecular complexity index is 667. The second kappa shape index (κ2) is 3.75. The zero-order valence-electron chi connectivity index (χ0n) is 9.24. The maximum Gasteiger partial charge on any atom is 0.136 e. The summed E-state index contributed by atoms with van der Waals surface area (Å²) in [6, 6.07) is 10.1. The van der Waals surface area contributed by atoms with Gasteiger partial charge in [0, 0.05) is 20.1 Å². The van der Waals surface area contributed by atoms with Crippen LogP contribution in [0.25, 0.3) is 0 Å². The van der Waals surface area contributed by atoms with E-state index in [1.807, 2.05) is 24.3 Å². The molecule has 0 amide bonds. The molecule has 0 N–H and O–H groups in total. The van der Waals surface area contributed by atoms with Crippen molar-refractivity contribution in [2.75, 3.05) is 6.61 Å². The topological polar surface area (TPSA) is 18.5 Å². The maximum absolute atomic E-state index is 5.97. The summed E-state index contributed by atoms with van der Waals surface area (Å²) in [5, 5.41) is 0. The molecule has 90 valence electrons. The molecule has 1 atom stereocenters. The highest BCUT2D eigenvalue weighted by molar-refractivity contribution is 9.10. The van der Waals surface area contributed by atoms with Crippen LogP contribution in [0, 0.1) is 0 Å². The zero-order chi connectivity index (χ0) is 12.3. The van der Waals surface area contributed by atoms with Crippen LogP contribution in [0.2, 0.25) is 0 Å². The SMILES string of the molecule is Brc1cc2c3c(c1)Oc1ccc(Br)cc1C3CO2. The summed E-state index contributed by atoms with van der Waals surface area (Å²) in [5.41, 5.74) is 2.36. The van der Waals surface area contributed by atoms with Crippen molar-refractivity contribution in [2.45, 2.75) is 5.92 Å². The standard InChI is InChI=1S/C14H8Br2O2/c15-7-1-2-11-9(3-7)10-6-17-12-4-8(16)5-13(18-11)14(10)12/h1-5,10H,6H2. The minimum Gasteiger partial charge on any atom is -0.492 e. The molecule has 4 heteroatoms. The molecule has 0 radical (unpaired) electrons. The lowest BCUT2D eigenvalue weighted by Crippen LogP contribution is -2.09. The third kappa shape index (κ3) is 1.45. The molecular formula is C14H8Br2O2. The first-order chi connectivity index (χ1) is 8.72. The fourth-order valence-corrected chi connectivity index (χ4v) is 3.42. The quantitative estimate of drug-likeness (QED) is 0.663. The highest BCUT2D eigenvalue weighted by Gasteiger charge is 2.35. The number of benzene rings is 2. The predicted octanol–water partition coefficient (Wildman–Crippen LogP) is 4.84. The Hall–Kier alpha value is -1.00. The number of hydrogen-bond donors (Lipinski definition) is 0. The molecule has 0 fully saturated rings. The molecule has 2 heterocycles. The van der Waals surface area contributed by atoms with Gasteiger partial charge in [-0.3, -0.25) is 0 Å². The molecule has 18 heavy (non-hydrogen) atoms. The molecule has 1 unspecified atom stereocenters. The molecule has 0 saturated heterocycles. The Labute approximate surface area is 121 Å². The van der Waals surface area contributed by atoms with Gasteiger partial charge in [-0.1, -0.05) is 31.9 Å². The van der Waals surface area contributed by atoms with Crippen LogP contribution in [-0.2, 0) is 0 Å². The van der Waals surface area contributed by atoms with Crippen molar-refractivity contribution < 1.29 is 9.47 Å². The van der Waals surface area contributed by atoms with E-state index in [1.165, 1.54) is 11.1 Å². The van der Waals surface area contributed by atoms with Crippen molar-refractivity contribution >= 4 is 31.9 Å².